The number of rotatable bonds is 3. The highest BCUT2D eigenvalue weighted by atomic mass is 16.2. The van der Waals surface area contributed by atoms with Crippen molar-refractivity contribution in [3.63, 3.8) is 0 Å². The van der Waals surface area contributed by atoms with Crippen LogP contribution in [0.1, 0.15) is 37.7 Å². The van der Waals surface area contributed by atoms with Crippen molar-refractivity contribution in [3.8, 4) is 0 Å². The zero-order chi connectivity index (χ0) is 18.3. The zero-order valence-electron chi connectivity index (χ0n) is 13.8. The Labute approximate surface area is 147 Å². The molecule has 0 bridgehead atoms. The number of aromatic nitrogens is 4. The fourth-order valence-corrected chi connectivity index (χ4v) is 2.92. The van der Waals surface area contributed by atoms with Gasteiger partial charge in [-0.25, -0.2) is 4.68 Å². The first kappa shape index (κ1) is 15.8. The topological polar surface area (TPSA) is 107 Å². The van der Waals surface area contributed by atoms with Gasteiger partial charge in [-0.15, -0.1) is 5.10 Å². The third kappa shape index (κ3) is 2.57. The van der Waals surface area contributed by atoms with Crippen molar-refractivity contribution in [2.45, 2.75) is 6.42 Å². The number of nitrogens with one attached hydrogen (secondary N) is 1. The van der Waals surface area contributed by atoms with E-state index in [-0.39, 0.29) is 29.5 Å². The van der Waals surface area contributed by atoms with Crippen molar-refractivity contribution in [3.05, 3.63) is 70.5 Å². The summed E-state index contributed by atoms with van der Waals surface area (Å²) >= 11 is 0. The van der Waals surface area contributed by atoms with E-state index >= 15 is 0 Å². The SMILES string of the molecule is Cn1nnnc1CC(=O)Nc1ccc2c(c1)C(=O)c1ccccc1C2=O. The highest BCUT2D eigenvalue weighted by molar-refractivity contribution is 6.28. The maximum atomic E-state index is 12.7. The van der Waals surface area contributed by atoms with Crippen LogP contribution in [-0.4, -0.2) is 37.7 Å². The van der Waals surface area contributed by atoms with E-state index < -0.39 is 0 Å². The highest BCUT2D eigenvalue weighted by Crippen LogP contribution is 2.29. The molecule has 8 heteroatoms. The Morgan fingerprint density at radius 2 is 1.65 bits per heavy atom. The second kappa shape index (κ2) is 5.99. The highest BCUT2D eigenvalue weighted by Gasteiger charge is 2.29. The van der Waals surface area contributed by atoms with Gasteiger partial charge in [-0.05, 0) is 28.6 Å². The molecule has 8 nitrogen and oxygen atoms in total. The number of carbonyl (C=O) groups is 3. The van der Waals surface area contributed by atoms with Crippen LogP contribution in [0.2, 0.25) is 0 Å². The van der Waals surface area contributed by atoms with Gasteiger partial charge in [-0.2, -0.15) is 0 Å². The number of anilines is 1. The second-order valence-electron chi connectivity index (χ2n) is 5.91. The summed E-state index contributed by atoms with van der Waals surface area (Å²) in [6, 6.07) is 11.4. The molecule has 0 saturated carbocycles. The lowest BCUT2D eigenvalue weighted by Crippen LogP contribution is -2.22. The zero-order valence-corrected chi connectivity index (χ0v) is 13.8. The van der Waals surface area contributed by atoms with E-state index in [4.69, 9.17) is 0 Å². The average molecular weight is 347 g/mol. The van der Waals surface area contributed by atoms with Crippen LogP contribution >= 0.6 is 0 Å². The van der Waals surface area contributed by atoms with Gasteiger partial charge in [0.05, 0.1) is 6.42 Å². The van der Waals surface area contributed by atoms with Gasteiger partial charge in [0.1, 0.15) is 0 Å². The number of carbonyl (C=O) groups excluding carboxylic acids is 3. The van der Waals surface area contributed by atoms with E-state index in [0.717, 1.165) is 0 Å². The van der Waals surface area contributed by atoms with Crippen molar-refractivity contribution < 1.29 is 14.4 Å². The lowest BCUT2D eigenvalue weighted by molar-refractivity contribution is -0.115. The first-order valence-electron chi connectivity index (χ1n) is 7.88. The van der Waals surface area contributed by atoms with Gasteiger partial charge in [0.25, 0.3) is 0 Å². The molecule has 128 valence electrons. The Morgan fingerprint density at radius 3 is 2.31 bits per heavy atom. The van der Waals surface area contributed by atoms with Crippen molar-refractivity contribution in [2.24, 2.45) is 7.05 Å². The van der Waals surface area contributed by atoms with Gasteiger partial charge in [0.15, 0.2) is 17.4 Å². The maximum absolute atomic E-state index is 12.7. The Balaban J connectivity index is 1.61. The predicted octanol–water partition coefficient (Wildman–Crippen LogP) is 1.17. The third-order valence-electron chi connectivity index (χ3n) is 4.24. The molecule has 1 N–H and O–H groups in total. The molecule has 1 aromatic heterocycles. The minimum atomic E-state index is -0.321. The van der Waals surface area contributed by atoms with E-state index in [2.05, 4.69) is 20.8 Å². The summed E-state index contributed by atoms with van der Waals surface area (Å²) in [4.78, 5) is 37.4. The summed E-state index contributed by atoms with van der Waals surface area (Å²) in [5.41, 5.74) is 1.83. The number of benzene rings is 2. The van der Waals surface area contributed by atoms with Gasteiger partial charge < -0.3 is 5.32 Å². The number of tetrazole rings is 1. The Kier molecular flexibility index (Phi) is 3.65. The molecule has 1 amide bonds. The molecule has 2 aromatic carbocycles. The monoisotopic (exact) mass is 347 g/mol. The molecular formula is C18H13N5O3. The Bertz CT molecular complexity index is 1070. The number of ketones is 2. The normalized spacial score (nSPS) is 12.5. The van der Waals surface area contributed by atoms with Gasteiger partial charge in [0, 0.05) is 35.0 Å². The minimum absolute atomic E-state index is 0.00368. The Morgan fingerprint density at radius 1 is 1.00 bits per heavy atom. The third-order valence-corrected chi connectivity index (χ3v) is 4.24. The molecule has 4 rings (SSSR count). The summed E-state index contributed by atoms with van der Waals surface area (Å²) in [7, 11) is 1.64. The van der Waals surface area contributed by atoms with Crippen LogP contribution in [0.4, 0.5) is 5.69 Å². The van der Waals surface area contributed by atoms with Crippen LogP contribution in [0.5, 0.6) is 0 Å². The van der Waals surface area contributed by atoms with E-state index in [1.807, 2.05) is 0 Å². The van der Waals surface area contributed by atoms with Crippen molar-refractivity contribution in [1.82, 2.24) is 20.2 Å². The molecule has 0 unspecified atom stereocenters. The fraction of sp³-hybridized carbons (Fsp3) is 0.111. The molecular weight excluding hydrogens is 334 g/mol. The second-order valence-corrected chi connectivity index (χ2v) is 5.91. The van der Waals surface area contributed by atoms with E-state index in [0.29, 0.717) is 28.2 Å². The summed E-state index contributed by atoms with van der Waals surface area (Å²) in [5, 5.41) is 13.6. The smallest absolute Gasteiger partial charge is 0.232 e. The van der Waals surface area contributed by atoms with Gasteiger partial charge >= 0.3 is 0 Å². The summed E-state index contributed by atoms with van der Waals surface area (Å²) < 4.78 is 1.41. The first-order chi connectivity index (χ1) is 12.5. The van der Waals surface area contributed by atoms with Gasteiger partial charge in [0.2, 0.25) is 5.91 Å². The first-order valence-corrected chi connectivity index (χ1v) is 7.88. The molecule has 0 fully saturated rings. The van der Waals surface area contributed by atoms with E-state index in [9.17, 15) is 14.4 Å². The quantitative estimate of drug-likeness (QED) is 0.596. The minimum Gasteiger partial charge on any atom is -0.326 e. The number of hydrogen-bond acceptors (Lipinski definition) is 6. The number of fused-ring (bicyclic) bond motifs is 2. The van der Waals surface area contributed by atoms with Crippen LogP contribution in [0.3, 0.4) is 0 Å². The number of amides is 1. The summed E-state index contributed by atoms with van der Waals surface area (Å²) in [5.74, 6) is -0.333. The van der Waals surface area contributed by atoms with Gasteiger partial charge in [-0.3, -0.25) is 14.4 Å². The predicted molar refractivity (Wildman–Crippen MR) is 90.9 cm³/mol. The maximum Gasteiger partial charge on any atom is 0.232 e. The average Bonchev–Trinajstić information content (AvgIpc) is 3.04. The molecule has 0 spiro atoms. The van der Waals surface area contributed by atoms with Gasteiger partial charge in [-0.1, -0.05) is 24.3 Å². The summed E-state index contributed by atoms with van der Waals surface area (Å²) in [6.45, 7) is 0. The van der Waals surface area contributed by atoms with Crippen LogP contribution in [0.25, 0.3) is 0 Å². The Hall–Kier alpha value is -3.68. The summed E-state index contributed by atoms with van der Waals surface area (Å²) in [6.07, 6.45) is -0.00368. The van der Waals surface area contributed by atoms with Crippen LogP contribution < -0.4 is 5.32 Å². The van der Waals surface area contributed by atoms with E-state index in [1.165, 1.54) is 10.7 Å². The van der Waals surface area contributed by atoms with Crippen LogP contribution in [-0.2, 0) is 18.3 Å². The molecule has 3 aromatic rings. The van der Waals surface area contributed by atoms with Crippen molar-refractivity contribution in [1.29, 1.82) is 0 Å². The van der Waals surface area contributed by atoms with E-state index in [1.54, 1.807) is 43.4 Å². The van der Waals surface area contributed by atoms with Crippen molar-refractivity contribution in [2.75, 3.05) is 5.32 Å². The molecule has 0 atom stereocenters. The lowest BCUT2D eigenvalue weighted by Gasteiger charge is -2.18. The van der Waals surface area contributed by atoms with Crippen LogP contribution in [0, 0.1) is 0 Å². The lowest BCUT2D eigenvalue weighted by atomic mass is 9.84. The van der Waals surface area contributed by atoms with Crippen LogP contribution in [0.15, 0.2) is 42.5 Å². The largest absolute Gasteiger partial charge is 0.326 e. The number of nitrogens with zero attached hydrogens (tertiary/aromatic N) is 4. The molecule has 1 heterocycles. The number of aryl methyl sites for hydroxylation is 1. The number of hydrogen-bond donors (Lipinski definition) is 1. The molecule has 0 aliphatic heterocycles. The molecule has 26 heavy (non-hydrogen) atoms. The van der Waals surface area contributed by atoms with Crippen molar-refractivity contribution >= 4 is 23.2 Å². The standard InChI is InChI=1S/C18H13N5O3/c1-23-15(20-21-22-23)9-16(24)19-10-6-7-13-14(8-10)18(26)12-5-3-2-4-11(12)17(13)25/h2-8H,9H2,1H3,(H,19,24). The fourth-order valence-electron chi connectivity index (χ4n) is 2.92. The molecule has 1 aliphatic carbocycles. The molecule has 1 aliphatic rings. The molecule has 0 saturated heterocycles. The molecule has 0 radical (unpaired) electrons.